The van der Waals surface area contributed by atoms with Crippen LogP contribution >= 0.6 is 0 Å². The van der Waals surface area contributed by atoms with Crippen LogP contribution in [0.15, 0.2) is 79.0 Å². The van der Waals surface area contributed by atoms with Crippen LogP contribution in [0.4, 0.5) is 4.79 Å². The molecule has 3 aromatic carbocycles. The van der Waals surface area contributed by atoms with E-state index < -0.39 is 18.1 Å². The summed E-state index contributed by atoms with van der Waals surface area (Å²) in [5.41, 5.74) is 6.52. The zero-order chi connectivity index (χ0) is 22.8. The Bertz CT molecular complexity index is 1280. The third-order valence-electron chi connectivity index (χ3n) is 6.18. The quantitative estimate of drug-likeness (QED) is 0.423. The van der Waals surface area contributed by atoms with E-state index in [-0.39, 0.29) is 12.5 Å². The summed E-state index contributed by atoms with van der Waals surface area (Å²) >= 11 is 0. The van der Waals surface area contributed by atoms with Gasteiger partial charge in [0.25, 0.3) is 0 Å². The summed E-state index contributed by atoms with van der Waals surface area (Å²) in [5, 5.41) is 3.73. The summed E-state index contributed by atoms with van der Waals surface area (Å²) < 4.78 is 10.5. The van der Waals surface area contributed by atoms with Crippen molar-refractivity contribution in [2.75, 3.05) is 13.7 Å². The molecule has 6 heteroatoms. The molecule has 1 amide bonds. The molecule has 0 saturated carbocycles. The highest BCUT2D eigenvalue weighted by Crippen LogP contribution is 2.44. The van der Waals surface area contributed by atoms with E-state index in [0.717, 1.165) is 38.7 Å². The number of fused-ring (bicyclic) bond motifs is 4. The van der Waals surface area contributed by atoms with E-state index in [1.165, 1.54) is 7.11 Å². The Labute approximate surface area is 191 Å². The fourth-order valence-corrected chi connectivity index (χ4v) is 4.58. The van der Waals surface area contributed by atoms with Crippen molar-refractivity contribution in [3.05, 3.63) is 95.7 Å². The molecule has 0 spiro atoms. The number of nitrogens with one attached hydrogen (secondary N) is 2. The number of alkyl carbamates (subject to hydrolysis) is 1. The summed E-state index contributed by atoms with van der Waals surface area (Å²) in [5.74, 6) is -0.562. The number of H-pyrrole nitrogens is 1. The summed E-state index contributed by atoms with van der Waals surface area (Å²) in [6, 6.07) is 23.3. The molecule has 0 saturated heterocycles. The Morgan fingerprint density at radius 2 is 1.67 bits per heavy atom. The minimum absolute atomic E-state index is 0.0456. The van der Waals surface area contributed by atoms with E-state index in [4.69, 9.17) is 9.47 Å². The third kappa shape index (κ3) is 4.07. The number of methoxy groups -OCH3 is 1. The molecule has 0 radical (unpaired) electrons. The summed E-state index contributed by atoms with van der Waals surface area (Å²) in [6.45, 7) is 0.184. The van der Waals surface area contributed by atoms with E-state index in [1.807, 2.05) is 54.7 Å². The first-order chi connectivity index (χ1) is 16.1. The zero-order valence-electron chi connectivity index (χ0n) is 18.2. The number of aromatic nitrogens is 1. The Morgan fingerprint density at radius 3 is 2.36 bits per heavy atom. The maximum absolute atomic E-state index is 12.7. The number of carbonyl (C=O) groups is 2. The van der Waals surface area contributed by atoms with Crippen LogP contribution in [0.3, 0.4) is 0 Å². The van der Waals surface area contributed by atoms with Gasteiger partial charge in [0.1, 0.15) is 12.6 Å². The van der Waals surface area contributed by atoms with Gasteiger partial charge in [0.2, 0.25) is 0 Å². The van der Waals surface area contributed by atoms with Crippen molar-refractivity contribution in [2.24, 2.45) is 0 Å². The first-order valence-corrected chi connectivity index (χ1v) is 10.9. The number of ether oxygens (including phenoxy) is 2. The highest BCUT2D eigenvalue weighted by Gasteiger charge is 2.30. The van der Waals surface area contributed by atoms with Gasteiger partial charge in [-0.15, -0.1) is 0 Å². The molecule has 1 atom stereocenters. The summed E-state index contributed by atoms with van der Waals surface area (Å²) in [7, 11) is 1.31. The van der Waals surface area contributed by atoms with Crippen LogP contribution in [0.25, 0.3) is 22.0 Å². The molecule has 0 unspecified atom stereocenters. The van der Waals surface area contributed by atoms with Crippen LogP contribution in [-0.2, 0) is 20.7 Å². The highest BCUT2D eigenvalue weighted by atomic mass is 16.6. The topological polar surface area (TPSA) is 80.4 Å². The van der Waals surface area contributed by atoms with Crippen molar-refractivity contribution < 1.29 is 19.1 Å². The zero-order valence-corrected chi connectivity index (χ0v) is 18.2. The number of rotatable bonds is 6. The molecule has 0 fully saturated rings. The maximum Gasteiger partial charge on any atom is 0.407 e. The predicted octanol–water partition coefficient (Wildman–Crippen LogP) is 4.79. The highest BCUT2D eigenvalue weighted by molar-refractivity contribution is 5.83. The van der Waals surface area contributed by atoms with Crippen molar-refractivity contribution in [1.82, 2.24) is 10.3 Å². The van der Waals surface area contributed by atoms with E-state index in [9.17, 15) is 9.59 Å². The molecule has 5 rings (SSSR count). The van der Waals surface area contributed by atoms with Gasteiger partial charge in [0.05, 0.1) is 7.11 Å². The first kappa shape index (κ1) is 20.8. The van der Waals surface area contributed by atoms with Crippen LogP contribution in [0.5, 0.6) is 0 Å². The number of aromatic amines is 1. The van der Waals surface area contributed by atoms with Gasteiger partial charge in [-0.3, -0.25) is 0 Å². The van der Waals surface area contributed by atoms with Crippen molar-refractivity contribution >= 4 is 23.0 Å². The Morgan fingerprint density at radius 1 is 0.970 bits per heavy atom. The minimum Gasteiger partial charge on any atom is -0.467 e. The normalized spacial score (nSPS) is 13.2. The molecule has 0 aliphatic heterocycles. The molecule has 1 heterocycles. The smallest absolute Gasteiger partial charge is 0.407 e. The fraction of sp³-hybridized carbons (Fsp3) is 0.185. The van der Waals surface area contributed by atoms with Gasteiger partial charge in [-0.05, 0) is 51.4 Å². The van der Waals surface area contributed by atoms with Crippen molar-refractivity contribution in [3.8, 4) is 11.1 Å². The SMILES string of the molecule is COC(=O)[C@H](Cc1ccc2[nH]ccc2c1)NC(=O)OCC1c2ccccc2-c2ccccc21. The minimum atomic E-state index is -0.845. The van der Waals surface area contributed by atoms with Crippen molar-refractivity contribution in [3.63, 3.8) is 0 Å². The molecule has 1 aromatic heterocycles. The summed E-state index contributed by atoms with van der Waals surface area (Å²) in [4.78, 5) is 28.2. The molecule has 0 bridgehead atoms. The van der Waals surface area contributed by atoms with Crippen molar-refractivity contribution in [2.45, 2.75) is 18.4 Å². The van der Waals surface area contributed by atoms with Gasteiger partial charge in [-0.25, -0.2) is 9.59 Å². The molecule has 1 aliphatic carbocycles. The van der Waals surface area contributed by atoms with E-state index in [1.54, 1.807) is 0 Å². The van der Waals surface area contributed by atoms with Gasteiger partial charge >= 0.3 is 12.1 Å². The molecular weight excluding hydrogens is 416 g/mol. The number of benzene rings is 3. The number of amides is 1. The van der Waals surface area contributed by atoms with E-state index >= 15 is 0 Å². The van der Waals surface area contributed by atoms with Crippen LogP contribution in [0.2, 0.25) is 0 Å². The molecule has 4 aromatic rings. The van der Waals surface area contributed by atoms with Gasteiger partial charge in [0.15, 0.2) is 0 Å². The monoisotopic (exact) mass is 440 g/mol. The molecule has 6 nitrogen and oxygen atoms in total. The molecule has 2 N–H and O–H groups in total. The Hall–Kier alpha value is -4.06. The Kier molecular flexibility index (Phi) is 5.57. The molecular formula is C27H24N2O4. The molecule has 1 aliphatic rings. The van der Waals surface area contributed by atoms with Crippen LogP contribution in [-0.4, -0.2) is 36.8 Å². The van der Waals surface area contributed by atoms with E-state index in [2.05, 4.69) is 34.6 Å². The fourth-order valence-electron chi connectivity index (χ4n) is 4.58. The second kappa shape index (κ2) is 8.82. The second-order valence-electron chi connectivity index (χ2n) is 8.15. The lowest BCUT2D eigenvalue weighted by Gasteiger charge is -2.18. The van der Waals surface area contributed by atoms with Crippen molar-refractivity contribution in [1.29, 1.82) is 0 Å². The van der Waals surface area contributed by atoms with Gasteiger partial charge in [-0.2, -0.15) is 0 Å². The molecule has 33 heavy (non-hydrogen) atoms. The number of carbonyl (C=O) groups excluding carboxylic acids is 2. The lowest BCUT2D eigenvalue weighted by molar-refractivity contribution is -0.143. The maximum atomic E-state index is 12.7. The second-order valence-corrected chi connectivity index (χ2v) is 8.15. The largest absolute Gasteiger partial charge is 0.467 e. The van der Waals surface area contributed by atoms with Crippen LogP contribution in [0.1, 0.15) is 22.6 Å². The summed E-state index contributed by atoms with van der Waals surface area (Å²) in [6.07, 6.45) is 1.52. The predicted molar refractivity (Wildman–Crippen MR) is 126 cm³/mol. The average Bonchev–Trinajstić information content (AvgIpc) is 3.44. The number of esters is 1. The Balaban J connectivity index is 1.28. The van der Waals surface area contributed by atoms with Gasteiger partial charge in [0, 0.05) is 24.1 Å². The lowest BCUT2D eigenvalue weighted by atomic mass is 9.98. The van der Waals surface area contributed by atoms with Crippen LogP contribution in [0, 0.1) is 0 Å². The number of hydrogen-bond acceptors (Lipinski definition) is 4. The lowest BCUT2D eigenvalue weighted by Crippen LogP contribution is -2.43. The average molecular weight is 440 g/mol. The first-order valence-electron chi connectivity index (χ1n) is 10.9. The van der Waals surface area contributed by atoms with Gasteiger partial charge < -0.3 is 19.8 Å². The van der Waals surface area contributed by atoms with E-state index in [0.29, 0.717) is 6.42 Å². The third-order valence-corrected chi connectivity index (χ3v) is 6.18. The van der Waals surface area contributed by atoms with Crippen LogP contribution < -0.4 is 5.32 Å². The molecule has 166 valence electrons. The number of hydrogen-bond donors (Lipinski definition) is 2. The standard InChI is InChI=1S/C27H24N2O4/c1-32-26(30)25(15-17-10-11-24-18(14-17)12-13-28-24)29-27(31)33-16-23-21-8-4-2-6-19(21)20-7-3-5-9-22(20)23/h2-14,23,25,28H,15-16H2,1H3,(H,29,31)/t25-/m0/s1. The van der Waals surface area contributed by atoms with Gasteiger partial charge in [-0.1, -0.05) is 54.6 Å².